The molecule has 4 rings (SSSR count). The van der Waals surface area contributed by atoms with Crippen molar-refractivity contribution in [2.45, 2.75) is 63.5 Å². The Labute approximate surface area is 192 Å². The molecule has 0 radical (unpaired) electrons. The van der Waals surface area contributed by atoms with Crippen LogP contribution in [-0.2, 0) is 22.4 Å². The Hall–Kier alpha value is -3.04. The molecule has 10 heteroatoms. The summed E-state index contributed by atoms with van der Waals surface area (Å²) >= 11 is 0. The minimum absolute atomic E-state index is 0.0970. The van der Waals surface area contributed by atoms with E-state index in [9.17, 15) is 18.4 Å². The van der Waals surface area contributed by atoms with Gasteiger partial charge in [0.15, 0.2) is 0 Å². The van der Waals surface area contributed by atoms with Crippen LogP contribution >= 0.6 is 0 Å². The minimum atomic E-state index is -5.39. The molecule has 0 saturated carbocycles. The first-order valence-electron chi connectivity index (χ1n) is 10.9. The maximum Gasteiger partial charge on any atom is 0.396 e. The van der Waals surface area contributed by atoms with Gasteiger partial charge in [0.25, 0.3) is 0 Å². The topological polar surface area (TPSA) is 40.6 Å². The number of amides is 2. The molecule has 2 aromatic carbocycles. The van der Waals surface area contributed by atoms with Crippen molar-refractivity contribution in [1.29, 1.82) is 0 Å². The summed E-state index contributed by atoms with van der Waals surface area (Å²) in [5.74, 6) is -16.6. The number of fused-ring (bicyclic) bond motifs is 2. The molecule has 4 nitrogen and oxygen atoms in total. The molecule has 182 valence electrons. The molecule has 2 unspecified atom stereocenters. The van der Waals surface area contributed by atoms with Crippen LogP contribution in [0.3, 0.4) is 0 Å². The molecule has 2 aliphatic rings. The first-order chi connectivity index (χ1) is 15.9. The van der Waals surface area contributed by atoms with Crippen LogP contribution in [0.15, 0.2) is 36.4 Å². The summed E-state index contributed by atoms with van der Waals surface area (Å²) in [6, 6.07) is 4.45. The second-order valence-corrected chi connectivity index (χ2v) is 8.82. The molecule has 2 aliphatic heterocycles. The largest absolute Gasteiger partial charge is 0.396 e. The van der Waals surface area contributed by atoms with Crippen LogP contribution in [0.25, 0.3) is 0 Å². The van der Waals surface area contributed by atoms with E-state index in [1.807, 2.05) is 0 Å². The number of nitrogens with zero attached hydrogens (tertiary/aromatic N) is 2. The number of hydrogen-bond acceptors (Lipinski definition) is 2. The van der Waals surface area contributed by atoms with E-state index in [1.165, 1.54) is 13.8 Å². The zero-order chi connectivity index (χ0) is 25.0. The number of carbonyl (C=O) groups is 2. The second kappa shape index (κ2) is 8.32. The minimum Gasteiger partial charge on any atom is -0.304 e. The Balaban J connectivity index is 1.71. The van der Waals surface area contributed by atoms with Crippen LogP contribution in [0.2, 0.25) is 0 Å². The first-order valence-corrected chi connectivity index (χ1v) is 10.9. The van der Waals surface area contributed by atoms with Crippen molar-refractivity contribution in [3.05, 3.63) is 59.2 Å². The number of benzene rings is 2. The van der Waals surface area contributed by atoms with Crippen molar-refractivity contribution >= 4 is 23.2 Å². The van der Waals surface area contributed by atoms with Crippen LogP contribution in [0.4, 0.5) is 37.7 Å². The maximum absolute atomic E-state index is 15.2. The Morgan fingerprint density at radius 3 is 1.44 bits per heavy atom. The van der Waals surface area contributed by atoms with Crippen molar-refractivity contribution in [2.75, 3.05) is 9.80 Å². The molecule has 0 bridgehead atoms. The summed E-state index contributed by atoms with van der Waals surface area (Å²) in [6.45, 7) is 2.83. The zero-order valence-electron chi connectivity index (χ0n) is 18.4. The highest BCUT2D eigenvalue weighted by Gasteiger charge is 2.69. The number of hydrogen-bond donors (Lipinski definition) is 0. The number of aryl methyl sites for hydroxylation is 2. The van der Waals surface area contributed by atoms with Crippen molar-refractivity contribution in [2.24, 2.45) is 0 Å². The third-order valence-electron chi connectivity index (χ3n) is 6.52. The molecule has 0 N–H and O–H groups in total. The molecule has 0 saturated heterocycles. The second-order valence-electron chi connectivity index (χ2n) is 8.82. The third-order valence-corrected chi connectivity index (χ3v) is 6.52. The van der Waals surface area contributed by atoms with Crippen molar-refractivity contribution in [3.8, 4) is 0 Å². The van der Waals surface area contributed by atoms with Crippen LogP contribution < -0.4 is 9.80 Å². The van der Waals surface area contributed by atoms with Crippen molar-refractivity contribution in [1.82, 2.24) is 0 Å². The molecular formula is C24H22F6N2O2. The lowest BCUT2D eigenvalue weighted by atomic mass is 9.93. The highest BCUT2D eigenvalue weighted by molar-refractivity contribution is 6.08. The van der Waals surface area contributed by atoms with E-state index < -0.39 is 47.4 Å². The van der Waals surface area contributed by atoms with E-state index in [1.54, 1.807) is 0 Å². The SMILES string of the molecule is CC1CCc2cc(F)ccc2N1C(=O)C(F)(F)C(F)(F)C(=O)N1c2ccc(F)cc2CCC1C. The van der Waals surface area contributed by atoms with Gasteiger partial charge in [-0.05, 0) is 87.1 Å². The van der Waals surface area contributed by atoms with Gasteiger partial charge in [0.2, 0.25) is 0 Å². The molecule has 2 aromatic rings. The fourth-order valence-electron chi connectivity index (χ4n) is 4.63. The quantitative estimate of drug-likeness (QED) is 0.557. The van der Waals surface area contributed by atoms with Crippen LogP contribution in [-0.4, -0.2) is 35.7 Å². The van der Waals surface area contributed by atoms with E-state index >= 15 is 17.6 Å². The fourth-order valence-corrected chi connectivity index (χ4v) is 4.63. The van der Waals surface area contributed by atoms with E-state index in [-0.39, 0.29) is 48.2 Å². The van der Waals surface area contributed by atoms with Gasteiger partial charge in [-0.2, -0.15) is 17.6 Å². The van der Waals surface area contributed by atoms with Gasteiger partial charge in [0.1, 0.15) is 11.6 Å². The summed E-state index contributed by atoms with van der Waals surface area (Å²) in [7, 11) is 0. The molecule has 0 fully saturated rings. The number of anilines is 2. The van der Waals surface area contributed by atoms with Gasteiger partial charge < -0.3 is 9.80 Å². The van der Waals surface area contributed by atoms with Gasteiger partial charge in [-0.1, -0.05) is 0 Å². The van der Waals surface area contributed by atoms with Gasteiger partial charge >= 0.3 is 23.7 Å². The average Bonchev–Trinajstić information content (AvgIpc) is 2.78. The summed E-state index contributed by atoms with van der Waals surface area (Å²) in [6.07, 6.45) is 0.856. The van der Waals surface area contributed by atoms with Crippen molar-refractivity contribution < 1.29 is 35.9 Å². The number of alkyl halides is 4. The maximum atomic E-state index is 15.2. The zero-order valence-corrected chi connectivity index (χ0v) is 18.4. The number of rotatable bonds is 3. The Morgan fingerprint density at radius 1 is 0.735 bits per heavy atom. The summed E-state index contributed by atoms with van der Waals surface area (Å²) in [5.41, 5.74) is 0.274. The predicted molar refractivity (Wildman–Crippen MR) is 113 cm³/mol. The highest BCUT2D eigenvalue weighted by Crippen LogP contribution is 2.43. The van der Waals surface area contributed by atoms with Gasteiger partial charge in [0, 0.05) is 23.5 Å². The number of halogens is 6. The van der Waals surface area contributed by atoms with Gasteiger partial charge in [-0.3, -0.25) is 9.59 Å². The van der Waals surface area contributed by atoms with Crippen LogP contribution in [0.5, 0.6) is 0 Å². The Bertz CT molecular complexity index is 1060. The monoisotopic (exact) mass is 484 g/mol. The van der Waals surface area contributed by atoms with Gasteiger partial charge in [-0.25, -0.2) is 8.78 Å². The van der Waals surface area contributed by atoms with E-state index in [0.717, 1.165) is 36.4 Å². The molecule has 2 heterocycles. The van der Waals surface area contributed by atoms with Crippen LogP contribution in [0, 0.1) is 11.6 Å². The summed E-state index contributed by atoms with van der Waals surface area (Å²) < 4.78 is 87.9. The Morgan fingerprint density at radius 2 is 1.09 bits per heavy atom. The van der Waals surface area contributed by atoms with Crippen LogP contribution in [0.1, 0.15) is 37.8 Å². The predicted octanol–water partition coefficient (Wildman–Crippen LogP) is 5.27. The molecule has 0 aromatic heterocycles. The summed E-state index contributed by atoms with van der Waals surface area (Å²) in [4.78, 5) is 26.8. The first kappa shape index (κ1) is 24.1. The third kappa shape index (κ3) is 3.73. The lowest BCUT2D eigenvalue weighted by Crippen LogP contribution is -2.64. The molecule has 2 amide bonds. The van der Waals surface area contributed by atoms with Crippen molar-refractivity contribution in [3.63, 3.8) is 0 Å². The molecular weight excluding hydrogens is 462 g/mol. The smallest absolute Gasteiger partial charge is 0.304 e. The Kier molecular flexibility index (Phi) is 5.90. The fraction of sp³-hybridized carbons (Fsp3) is 0.417. The highest BCUT2D eigenvalue weighted by atomic mass is 19.3. The average molecular weight is 484 g/mol. The van der Waals surface area contributed by atoms with Gasteiger partial charge in [-0.15, -0.1) is 0 Å². The normalized spacial score (nSPS) is 20.6. The summed E-state index contributed by atoms with van der Waals surface area (Å²) in [5, 5.41) is 0. The molecule has 2 atom stereocenters. The van der Waals surface area contributed by atoms with Gasteiger partial charge in [0.05, 0.1) is 0 Å². The molecule has 0 spiro atoms. The molecule has 34 heavy (non-hydrogen) atoms. The van der Waals surface area contributed by atoms with E-state index in [4.69, 9.17) is 0 Å². The molecule has 0 aliphatic carbocycles. The van der Waals surface area contributed by atoms with E-state index in [0.29, 0.717) is 9.80 Å². The lowest BCUT2D eigenvalue weighted by molar-refractivity contribution is -0.208. The standard InChI is InChI=1S/C24H22F6N2O2/c1-13-3-5-15-11-17(25)7-9-19(15)31(13)21(33)23(27,28)24(29,30)22(34)32-14(2)4-6-16-12-18(26)8-10-20(16)32/h7-14H,3-6H2,1-2H3. The number of carbonyl (C=O) groups excluding carboxylic acids is 2. The van der Waals surface area contributed by atoms with E-state index in [2.05, 4.69) is 0 Å². The lowest BCUT2D eigenvalue weighted by Gasteiger charge is -2.41.